The van der Waals surface area contributed by atoms with Crippen molar-refractivity contribution >= 4 is 23.4 Å². The molecule has 0 aromatic heterocycles. The van der Waals surface area contributed by atoms with Gasteiger partial charge in [-0.15, -0.1) is 11.8 Å². The van der Waals surface area contributed by atoms with E-state index in [9.17, 15) is 13.6 Å². The molecule has 0 saturated carbocycles. The number of rotatable bonds is 5. The Morgan fingerprint density at radius 3 is 2.32 bits per heavy atom. The summed E-state index contributed by atoms with van der Waals surface area (Å²) in [5, 5.41) is 2.61. The summed E-state index contributed by atoms with van der Waals surface area (Å²) in [4.78, 5) is 13.3. The molecule has 0 saturated heterocycles. The van der Waals surface area contributed by atoms with Crippen LogP contribution in [0, 0.1) is 11.6 Å². The van der Waals surface area contributed by atoms with E-state index in [-0.39, 0.29) is 5.56 Å². The predicted octanol–water partition coefficient (Wildman–Crippen LogP) is 5.51. The van der Waals surface area contributed by atoms with Gasteiger partial charge in [-0.3, -0.25) is 4.79 Å². The van der Waals surface area contributed by atoms with Gasteiger partial charge < -0.3 is 5.32 Å². The standard InChI is InChI=1S/C20H15F2NOS/c21-15-8-11-18(19(22)12-15)20(24)23-16-9-6-14(7-10-16)13-25-17-4-2-1-3-5-17/h1-12H,13H2,(H,23,24). The summed E-state index contributed by atoms with van der Waals surface area (Å²) in [5.74, 6) is -1.39. The molecule has 0 unspecified atom stereocenters. The molecule has 5 heteroatoms. The Hall–Kier alpha value is -2.66. The van der Waals surface area contributed by atoms with Gasteiger partial charge in [-0.25, -0.2) is 8.78 Å². The highest BCUT2D eigenvalue weighted by atomic mass is 32.2. The number of nitrogens with one attached hydrogen (secondary N) is 1. The second-order valence-electron chi connectivity index (χ2n) is 5.38. The van der Waals surface area contributed by atoms with E-state index >= 15 is 0 Å². The van der Waals surface area contributed by atoms with Crippen LogP contribution in [0.1, 0.15) is 15.9 Å². The predicted molar refractivity (Wildman–Crippen MR) is 96.8 cm³/mol. The van der Waals surface area contributed by atoms with Crippen molar-refractivity contribution in [3.05, 3.63) is 95.6 Å². The van der Waals surface area contributed by atoms with Crippen molar-refractivity contribution in [3.63, 3.8) is 0 Å². The second kappa shape index (κ2) is 7.94. The van der Waals surface area contributed by atoms with Crippen molar-refractivity contribution in [2.45, 2.75) is 10.6 Å². The van der Waals surface area contributed by atoms with E-state index in [1.165, 1.54) is 4.90 Å². The zero-order valence-electron chi connectivity index (χ0n) is 13.2. The van der Waals surface area contributed by atoms with Crippen LogP contribution in [0.2, 0.25) is 0 Å². The minimum absolute atomic E-state index is 0.190. The molecule has 0 atom stereocenters. The van der Waals surface area contributed by atoms with Crippen LogP contribution in [0.5, 0.6) is 0 Å². The lowest BCUT2D eigenvalue weighted by molar-refractivity contribution is 0.102. The van der Waals surface area contributed by atoms with Crippen LogP contribution in [0.4, 0.5) is 14.5 Å². The first kappa shape index (κ1) is 17.2. The largest absolute Gasteiger partial charge is 0.322 e. The van der Waals surface area contributed by atoms with E-state index in [1.807, 2.05) is 30.3 Å². The zero-order chi connectivity index (χ0) is 17.6. The lowest BCUT2D eigenvalue weighted by Gasteiger charge is -2.08. The Balaban J connectivity index is 1.61. The molecule has 0 fully saturated rings. The maximum Gasteiger partial charge on any atom is 0.258 e. The maximum atomic E-state index is 13.6. The third kappa shape index (κ3) is 4.67. The first-order valence-electron chi connectivity index (χ1n) is 7.65. The Morgan fingerprint density at radius 2 is 1.64 bits per heavy atom. The topological polar surface area (TPSA) is 29.1 Å². The Morgan fingerprint density at radius 1 is 0.920 bits per heavy atom. The molecule has 0 aliphatic heterocycles. The van der Waals surface area contributed by atoms with E-state index in [1.54, 1.807) is 23.9 Å². The fourth-order valence-electron chi connectivity index (χ4n) is 2.24. The maximum absolute atomic E-state index is 13.6. The molecule has 3 rings (SSSR count). The van der Waals surface area contributed by atoms with Gasteiger partial charge in [0.05, 0.1) is 5.56 Å². The molecule has 25 heavy (non-hydrogen) atoms. The molecule has 0 aliphatic rings. The van der Waals surface area contributed by atoms with Crippen LogP contribution < -0.4 is 5.32 Å². The Kier molecular flexibility index (Phi) is 5.46. The van der Waals surface area contributed by atoms with E-state index in [4.69, 9.17) is 0 Å². The number of anilines is 1. The van der Waals surface area contributed by atoms with Gasteiger partial charge in [0, 0.05) is 22.4 Å². The van der Waals surface area contributed by atoms with Crippen LogP contribution >= 0.6 is 11.8 Å². The van der Waals surface area contributed by atoms with Gasteiger partial charge in [0.25, 0.3) is 5.91 Å². The molecule has 3 aromatic carbocycles. The van der Waals surface area contributed by atoms with Crippen molar-refractivity contribution in [2.75, 3.05) is 5.32 Å². The van der Waals surface area contributed by atoms with E-state index in [0.29, 0.717) is 11.8 Å². The van der Waals surface area contributed by atoms with Crippen LogP contribution in [-0.4, -0.2) is 5.91 Å². The van der Waals surface area contributed by atoms with Gasteiger partial charge in [-0.1, -0.05) is 30.3 Å². The number of thioether (sulfide) groups is 1. The second-order valence-corrected chi connectivity index (χ2v) is 6.43. The summed E-state index contributed by atoms with van der Waals surface area (Å²) in [6.07, 6.45) is 0. The summed E-state index contributed by atoms with van der Waals surface area (Å²) in [7, 11) is 0. The molecule has 0 aliphatic carbocycles. The lowest BCUT2D eigenvalue weighted by Crippen LogP contribution is -2.13. The highest BCUT2D eigenvalue weighted by Gasteiger charge is 2.12. The molecular weight excluding hydrogens is 340 g/mol. The minimum atomic E-state index is -0.881. The summed E-state index contributed by atoms with van der Waals surface area (Å²) >= 11 is 1.72. The van der Waals surface area contributed by atoms with Gasteiger partial charge >= 0.3 is 0 Å². The number of carbonyl (C=O) groups is 1. The Labute approximate surface area is 148 Å². The summed E-state index contributed by atoms with van der Waals surface area (Å²) in [6, 6.07) is 20.3. The zero-order valence-corrected chi connectivity index (χ0v) is 14.0. The van der Waals surface area contributed by atoms with Crippen molar-refractivity contribution < 1.29 is 13.6 Å². The van der Waals surface area contributed by atoms with Crippen molar-refractivity contribution in [1.82, 2.24) is 0 Å². The molecule has 2 nitrogen and oxygen atoms in total. The van der Waals surface area contributed by atoms with E-state index < -0.39 is 17.5 Å². The normalized spacial score (nSPS) is 10.5. The number of benzene rings is 3. The van der Waals surface area contributed by atoms with Gasteiger partial charge in [-0.2, -0.15) is 0 Å². The summed E-state index contributed by atoms with van der Waals surface area (Å²) in [5.41, 5.74) is 1.48. The molecule has 1 N–H and O–H groups in total. The fraction of sp³-hybridized carbons (Fsp3) is 0.0500. The quantitative estimate of drug-likeness (QED) is 0.612. The highest BCUT2D eigenvalue weighted by Crippen LogP contribution is 2.23. The number of hydrogen-bond acceptors (Lipinski definition) is 2. The number of halogens is 2. The number of carbonyl (C=O) groups excluding carboxylic acids is 1. The van der Waals surface area contributed by atoms with Crippen LogP contribution in [-0.2, 0) is 5.75 Å². The van der Waals surface area contributed by atoms with Gasteiger partial charge in [-0.05, 0) is 42.0 Å². The van der Waals surface area contributed by atoms with Crippen molar-refractivity contribution in [1.29, 1.82) is 0 Å². The third-order valence-corrected chi connectivity index (χ3v) is 4.62. The third-order valence-electron chi connectivity index (χ3n) is 3.54. The van der Waals surface area contributed by atoms with Crippen LogP contribution in [0.3, 0.4) is 0 Å². The highest BCUT2D eigenvalue weighted by molar-refractivity contribution is 7.98. The molecule has 3 aromatic rings. The number of amides is 1. The summed E-state index contributed by atoms with van der Waals surface area (Å²) < 4.78 is 26.5. The first-order valence-corrected chi connectivity index (χ1v) is 8.63. The summed E-state index contributed by atoms with van der Waals surface area (Å²) in [6.45, 7) is 0. The molecule has 0 bridgehead atoms. The lowest BCUT2D eigenvalue weighted by atomic mass is 10.1. The monoisotopic (exact) mass is 355 g/mol. The minimum Gasteiger partial charge on any atom is -0.322 e. The average Bonchev–Trinajstić information content (AvgIpc) is 2.62. The van der Waals surface area contributed by atoms with Gasteiger partial charge in [0.15, 0.2) is 0 Å². The van der Waals surface area contributed by atoms with E-state index in [0.717, 1.165) is 23.4 Å². The van der Waals surface area contributed by atoms with Crippen molar-refractivity contribution in [2.24, 2.45) is 0 Å². The number of hydrogen-bond donors (Lipinski definition) is 1. The van der Waals surface area contributed by atoms with Crippen LogP contribution in [0.15, 0.2) is 77.7 Å². The van der Waals surface area contributed by atoms with Gasteiger partial charge in [0.2, 0.25) is 0 Å². The Bertz CT molecular complexity index is 867. The molecular formula is C20H15F2NOS. The first-order chi connectivity index (χ1) is 12.1. The molecule has 0 heterocycles. The van der Waals surface area contributed by atoms with Crippen LogP contribution in [0.25, 0.3) is 0 Å². The van der Waals surface area contributed by atoms with Gasteiger partial charge in [0.1, 0.15) is 11.6 Å². The molecule has 0 spiro atoms. The van der Waals surface area contributed by atoms with E-state index in [2.05, 4.69) is 17.4 Å². The molecule has 0 radical (unpaired) electrons. The molecule has 1 amide bonds. The molecule has 126 valence electrons. The smallest absolute Gasteiger partial charge is 0.258 e. The SMILES string of the molecule is O=C(Nc1ccc(CSc2ccccc2)cc1)c1ccc(F)cc1F. The fourth-order valence-corrected chi connectivity index (χ4v) is 3.12. The van der Waals surface area contributed by atoms with Crippen molar-refractivity contribution in [3.8, 4) is 0 Å². The average molecular weight is 355 g/mol.